The minimum atomic E-state index is -0.251. The van der Waals surface area contributed by atoms with Crippen LogP contribution in [-0.4, -0.2) is 48.9 Å². The first-order valence-electron chi connectivity index (χ1n) is 7.01. The van der Waals surface area contributed by atoms with Crippen molar-refractivity contribution in [3.8, 4) is 0 Å². The van der Waals surface area contributed by atoms with Gasteiger partial charge in [0.1, 0.15) is 0 Å². The van der Waals surface area contributed by atoms with Crippen LogP contribution in [0.3, 0.4) is 0 Å². The Morgan fingerprint density at radius 1 is 1.55 bits per heavy atom. The molecule has 1 aliphatic heterocycles. The zero-order valence-electron chi connectivity index (χ0n) is 12.7. The van der Waals surface area contributed by atoms with E-state index in [1.54, 1.807) is 17.0 Å². The summed E-state index contributed by atoms with van der Waals surface area (Å²) in [5.74, 6) is 0.469. The summed E-state index contributed by atoms with van der Waals surface area (Å²) >= 11 is 0. The van der Waals surface area contributed by atoms with Gasteiger partial charge in [0.2, 0.25) is 0 Å². The van der Waals surface area contributed by atoms with E-state index in [2.05, 4.69) is 10.3 Å². The van der Waals surface area contributed by atoms with Gasteiger partial charge < -0.3 is 19.5 Å². The fraction of sp³-hybridized carbons (Fsp3) is 0.714. The molecule has 0 amide bonds. The lowest BCUT2D eigenvalue weighted by Gasteiger charge is -2.29. The van der Waals surface area contributed by atoms with Crippen molar-refractivity contribution in [3.05, 3.63) is 22.7 Å². The van der Waals surface area contributed by atoms with Crippen LogP contribution in [0.25, 0.3) is 0 Å². The highest BCUT2D eigenvalue weighted by Crippen LogP contribution is 2.12. The minimum Gasteiger partial charge on any atom is -0.374 e. The highest BCUT2D eigenvalue weighted by atomic mass is 16.5. The van der Waals surface area contributed by atoms with Gasteiger partial charge in [-0.05, 0) is 20.8 Å². The number of likely N-dealkylation sites (N-methyl/N-ethyl adjacent to an activating group) is 1. The van der Waals surface area contributed by atoms with Crippen LogP contribution in [0.15, 0.2) is 17.2 Å². The largest absolute Gasteiger partial charge is 0.374 e. The first-order chi connectivity index (χ1) is 9.39. The summed E-state index contributed by atoms with van der Waals surface area (Å²) in [6, 6.07) is 0. The van der Waals surface area contributed by atoms with Gasteiger partial charge in [-0.25, -0.2) is 4.98 Å². The lowest BCUT2D eigenvalue weighted by molar-refractivity contribution is 0.0339. The van der Waals surface area contributed by atoms with Crippen molar-refractivity contribution >= 4 is 5.82 Å². The van der Waals surface area contributed by atoms with Gasteiger partial charge in [0, 0.05) is 44.6 Å². The summed E-state index contributed by atoms with van der Waals surface area (Å²) in [6.45, 7) is 9.09. The van der Waals surface area contributed by atoms with Gasteiger partial charge in [-0.2, -0.15) is 0 Å². The molecule has 1 aromatic rings. The van der Waals surface area contributed by atoms with Crippen LogP contribution in [-0.2, 0) is 10.3 Å². The molecule has 0 bridgehead atoms. The number of hydrogen-bond donors (Lipinski definition) is 1. The molecule has 1 saturated heterocycles. The summed E-state index contributed by atoms with van der Waals surface area (Å²) in [5, 5.41) is 3.29. The molecule has 1 atom stereocenters. The normalized spacial score (nSPS) is 19.9. The van der Waals surface area contributed by atoms with E-state index in [1.165, 1.54) is 0 Å². The number of aromatic nitrogens is 2. The van der Waals surface area contributed by atoms with Gasteiger partial charge in [0.05, 0.1) is 12.7 Å². The number of morpholine rings is 1. The van der Waals surface area contributed by atoms with E-state index in [0.29, 0.717) is 19.0 Å². The van der Waals surface area contributed by atoms with E-state index in [1.807, 2.05) is 32.7 Å². The minimum absolute atomic E-state index is 0.0636. The summed E-state index contributed by atoms with van der Waals surface area (Å²) in [4.78, 5) is 18.6. The van der Waals surface area contributed by atoms with Crippen molar-refractivity contribution in [2.45, 2.75) is 32.4 Å². The molecule has 112 valence electrons. The number of hydrogen-bond acceptors (Lipinski definition) is 5. The lowest BCUT2D eigenvalue weighted by Crippen LogP contribution is -2.46. The summed E-state index contributed by atoms with van der Waals surface area (Å²) in [7, 11) is 1.88. The number of rotatable bonds is 3. The Morgan fingerprint density at radius 3 is 2.90 bits per heavy atom. The third-order valence-electron chi connectivity index (χ3n) is 3.39. The monoisotopic (exact) mass is 280 g/mol. The molecular weight excluding hydrogens is 256 g/mol. The zero-order valence-corrected chi connectivity index (χ0v) is 12.7. The molecule has 0 aromatic carbocycles. The molecule has 1 unspecified atom stereocenters. The van der Waals surface area contributed by atoms with Crippen molar-refractivity contribution in [1.29, 1.82) is 0 Å². The molecular formula is C14H24N4O2. The SMILES string of the molecule is CN(CC1CNCCO1)c1nccn(C(C)(C)C)c1=O. The second kappa shape index (κ2) is 5.93. The fourth-order valence-electron chi connectivity index (χ4n) is 2.32. The third-order valence-corrected chi connectivity index (χ3v) is 3.39. The molecule has 0 aliphatic carbocycles. The predicted octanol–water partition coefficient (Wildman–Crippen LogP) is 0.423. The second-order valence-corrected chi connectivity index (χ2v) is 6.17. The second-order valence-electron chi connectivity index (χ2n) is 6.17. The third kappa shape index (κ3) is 3.37. The van der Waals surface area contributed by atoms with E-state index >= 15 is 0 Å². The molecule has 1 aromatic heterocycles. The summed E-state index contributed by atoms with van der Waals surface area (Å²) < 4.78 is 7.38. The van der Waals surface area contributed by atoms with Gasteiger partial charge in [0.25, 0.3) is 5.56 Å². The van der Waals surface area contributed by atoms with E-state index < -0.39 is 0 Å². The Kier molecular flexibility index (Phi) is 4.45. The standard InChI is InChI=1S/C14H24N4O2/c1-14(2,3)18-7-5-16-12(13(18)19)17(4)10-11-9-15-6-8-20-11/h5,7,11,15H,6,8-10H2,1-4H3. The van der Waals surface area contributed by atoms with Crippen molar-refractivity contribution in [2.24, 2.45) is 0 Å². The molecule has 0 saturated carbocycles. The smallest absolute Gasteiger partial charge is 0.293 e. The maximum atomic E-state index is 12.5. The molecule has 0 spiro atoms. The van der Waals surface area contributed by atoms with E-state index in [-0.39, 0.29) is 17.2 Å². The van der Waals surface area contributed by atoms with Crippen LogP contribution < -0.4 is 15.8 Å². The maximum absolute atomic E-state index is 12.5. The van der Waals surface area contributed by atoms with Crippen molar-refractivity contribution < 1.29 is 4.74 Å². The highest BCUT2D eigenvalue weighted by molar-refractivity contribution is 5.34. The van der Waals surface area contributed by atoms with Gasteiger partial charge >= 0.3 is 0 Å². The van der Waals surface area contributed by atoms with E-state index in [9.17, 15) is 4.79 Å². The Balaban J connectivity index is 2.17. The predicted molar refractivity (Wildman–Crippen MR) is 79.4 cm³/mol. The Morgan fingerprint density at radius 2 is 2.30 bits per heavy atom. The van der Waals surface area contributed by atoms with Gasteiger partial charge in [0.15, 0.2) is 5.82 Å². The molecule has 0 radical (unpaired) electrons. The Bertz CT molecular complexity index is 501. The molecule has 2 heterocycles. The molecule has 1 aliphatic rings. The topological polar surface area (TPSA) is 59.4 Å². The first-order valence-corrected chi connectivity index (χ1v) is 7.01. The van der Waals surface area contributed by atoms with Crippen molar-refractivity contribution in [1.82, 2.24) is 14.9 Å². The zero-order chi connectivity index (χ0) is 14.8. The average Bonchev–Trinajstić information content (AvgIpc) is 2.38. The number of ether oxygens (including phenoxy) is 1. The molecule has 1 N–H and O–H groups in total. The van der Waals surface area contributed by atoms with Crippen LogP contribution >= 0.6 is 0 Å². The average molecular weight is 280 g/mol. The molecule has 6 nitrogen and oxygen atoms in total. The van der Waals surface area contributed by atoms with Crippen molar-refractivity contribution in [3.63, 3.8) is 0 Å². The maximum Gasteiger partial charge on any atom is 0.293 e. The molecule has 20 heavy (non-hydrogen) atoms. The van der Waals surface area contributed by atoms with Crippen LogP contribution in [0, 0.1) is 0 Å². The number of nitrogens with one attached hydrogen (secondary N) is 1. The Hall–Kier alpha value is -1.40. The highest BCUT2D eigenvalue weighted by Gasteiger charge is 2.21. The fourth-order valence-corrected chi connectivity index (χ4v) is 2.32. The Labute approximate surface area is 119 Å². The van der Waals surface area contributed by atoms with E-state index in [0.717, 1.165) is 13.1 Å². The molecule has 1 fully saturated rings. The first kappa shape index (κ1) is 15.0. The van der Waals surface area contributed by atoms with Crippen LogP contribution in [0.4, 0.5) is 5.82 Å². The van der Waals surface area contributed by atoms with Crippen LogP contribution in [0.2, 0.25) is 0 Å². The summed E-state index contributed by atoms with van der Waals surface area (Å²) in [5.41, 5.74) is -0.315. The van der Waals surface area contributed by atoms with Crippen LogP contribution in [0.5, 0.6) is 0 Å². The lowest BCUT2D eigenvalue weighted by atomic mass is 10.1. The molecule has 2 rings (SSSR count). The molecule has 6 heteroatoms. The summed E-state index contributed by atoms with van der Waals surface area (Å²) in [6.07, 6.45) is 3.51. The number of nitrogens with zero attached hydrogens (tertiary/aromatic N) is 3. The van der Waals surface area contributed by atoms with Gasteiger partial charge in [-0.1, -0.05) is 0 Å². The quantitative estimate of drug-likeness (QED) is 0.870. The van der Waals surface area contributed by atoms with E-state index in [4.69, 9.17) is 4.74 Å². The van der Waals surface area contributed by atoms with Crippen LogP contribution in [0.1, 0.15) is 20.8 Å². The number of anilines is 1. The van der Waals surface area contributed by atoms with Gasteiger partial charge in [-0.3, -0.25) is 4.79 Å². The van der Waals surface area contributed by atoms with Gasteiger partial charge in [-0.15, -0.1) is 0 Å². The van der Waals surface area contributed by atoms with Crippen molar-refractivity contribution in [2.75, 3.05) is 38.2 Å².